The van der Waals surface area contributed by atoms with Crippen molar-refractivity contribution in [1.29, 1.82) is 0 Å². The van der Waals surface area contributed by atoms with E-state index in [4.69, 9.17) is 15.2 Å². The number of morpholine rings is 1. The molecule has 2 aliphatic rings. The number of ether oxygens (including phenoxy) is 2. The molecule has 2 aliphatic heterocycles. The molecule has 2 aromatic rings. The molecule has 0 bridgehead atoms. The second kappa shape index (κ2) is 9.44. The number of carbonyl (C=O) groups excluding carboxylic acids is 1. The molecule has 1 fully saturated rings. The van der Waals surface area contributed by atoms with Crippen molar-refractivity contribution in [1.82, 2.24) is 4.90 Å². The Bertz CT molecular complexity index is 1110. The number of esters is 1. The molecule has 33 heavy (non-hydrogen) atoms. The fraction of sp³-hybridized carbons (Fsp3) is 0.375. The third-order valence-electron chi connectivity index (χ3n) is 6.01. The smallest absolute Gasteiger partial charge is 0.340 e. The Kier molecular flexibility index (Phi) is 6.78. The van der Waals surface area contributed by atoms with E-state index in [0.717, 1.165) is 5.56 Å². The molecule has 0 spiro atoms. The van der Waals surface area contributed by atoms with E-state index in [1.54, 1.807) is 38.1 Å². The first-order chi connectivity index (χ1) is 15.7. The first kappa shape index (κ1) is 23.7. The Balaban J connectivity index is 1.86. The zero-order chi connectivity index (χ0) is 23.8. The molecule has 1 saturated heterocycles. The van der Waals surface area contributed by atoms with Crippen LogP contribution < -0.4 is 5.73 Å². The molecule has 2 heterocycles. The van der Waals surface area contributed by atoms with Crippen molar-refractivity contribution in [2.24, 2.45) is 5.73 Å². The highest BCUT2D eigenvalue weighted by atomic mass is 32.2. The molecule has 3 N–H and O–H groups in total. The number of nitrogens with zero attached hydrogens (tertiary/aromatic N) is 1. The van der Waals surface area contributed by atoms with Crippen molar-refractivity contribution >= 4 is 28.2 Å². The van der Waals surface area contributed by atoms with Gasteiger partial charge in [0, 0.05) is 18.7 Å². The average Bonchev–Trinajstić information content (AvgIpc) is 3.02. The minimum absolute atomic E-state index is 0.0592. The summed E-state index contributed by atoms with van der Waals surface area (Å²) in [7, 11) is 0. The lowest BCUT2D eigenvalue weighted by atomic mass is 9.85. The van der Waals surface area contributed by atoms with Crippen LogP contribution in [0.3, 0.4) is 0 Å². The first-order valence-corrected chi connectivity index (χ1v) is 12.0. The third-order valence-corrected chi connectivity index (χ3v) is 6.57. The summed E-state index contributed by atoms with van der Waals surface area (Å²) < 4.78 is 45.7. The van der Waals surface area contributed by atoms with Gasteiger partial charge in [-0.1, -0.05) is 24.3 Å². The summed E-state index contributed by atoms with van der Waals surface area (Å²) >= 11 is -2.04. The molecular weight excluding hydrogens is 447 g/mol. The third kappa shape index (κ3) is 4.92. The van der Waals surface area contributed by atoms with Gasteiger partial charge in [-0.15, -0.1) is 0 Å². The molecule has 4 rings (SSSR count). The standard InChI is InChI=1S/C24H27FN2O5S/c1-24(2)21(20(23(28)32-24)15-5-7-18(25)8-6-15)16-3-4-17(14-33(29)30)19(13-16)22(26)27-9-11-31-12-10-27/h3-8,13,22H,9-12,14,26H2,1-2H3,(H,29,30). The fourth-order valence-corrected chi connectivity index (χ4v) is 4.98. The van der Waals surface area contributed by atoms with Gasteiger partial charge in [0.25, 0.3) is 0 Å². The van der Waals surface area contributed by atoms with Crippen LogP contribution in [-0.4, -0.2) is 51.5 Å². The summed E-state index contributed by atoms with van der Waals surface area (Å²) in [5.74, 6) is -0.941. The Hall–Kier alpha value is -2.43. The maximum atomic E-state index is 13.5. The topological polar surface area (TPSA) is 102 Å². The van der Waals surface area contributed by atoms with Crippen LogP contribution in [0.4, 0.5) is 4.39 Å². The van der Waals surface area contributed by atoms with Crippen molar-refractivity contribution in [2.75, 3.05) is 26.3 Å². The molecule has 176 valence electrons. The maximum absolute atomic E-state index is 13.5. The molecule has 7 nitrogen and oxygen atoms in total. The van der Waals surface area contributed by atoms with Crippen LogP contribution in [0.1, 0.15) is 42.3 Å². The molecule has 2 atom stereocenters. The molecule has 0 radical (unpaired) electrons. The molecule has 0 amide bonds. The van der Waals surface area contributed by atoms with E-state index < -0.39 is 34.6 Å². The van der Waals surface area contributed by atoms with Crippen LogP contribution in [-0.2, 0) is 31.1 Å². The molecule has 0 aliphatic carbocycles. The normalized spacial score (nSPS) is 20.6. The van der Waals surface area contributed by atoms with E-state index in [1.807, 2.05) is 6.07 Å². The molecule has 0 saturated carbocycles. The van der Waals surface area contributed by atoms with Gasteiger partial charge in [0.2, 0.25) is 0 Å². The zero-order valence-corrected chi connectivity index (χ0v) is 19.4. The van der Waals surface area contributed by atoms with Gasteiger partial charge in [0.15, 0.2) is 11.1 Å². The van der Waals surface area contributed by atoms with E-state index in [1.165, 1.54) is 12.1 Å². The number of rotatable bonds is 6. The van der Waals surface area contributed by atoms with Gasteiger partial charge >= 0.3 is 5.97 Å². The SMILES string of the molecule is CC1(C)OC(=O)C(c2ccc(F)cc2)=C1c1ccc(CS(=O)O)c(C(N)N2CCOCC2)c1. The highest BCUT2D eigenvalue weighted by Gasteiger charge is 2.42. The predicted octanol–water partition coefficient (Wildman–Crippen LogP) is 3.08. The fourth-order valence-electron chi connectivity index (χ4n) is 4.45. The first-order valence-electron chi connectivity index (χ1n) is 10.7. The summed E-state index contributed by atoms with van der Waals surface area (Å²) in [6, 6.07) is 11.2. The van der Waals surface area contributed by atoms with Crippen LogP contribution in [0.15, 0.2) is 42.5 Å². The van der Waals surface area contributed by atoms with Gasteiger partial charge in [-0.05, 0) is 54.3 Å². The lowest BCUT2D eigenvalue weighted by molar-refractivity contribution is -0.141. The number of nitrogens with two attached hydrogens (primary N) is 1. The van der Waals surface area contributed by atoms with Crippen LogP contribution in [0.5, 0.6) is 0 Å². The lowest BCUT2D eigenvalue weighted by Crippen LogP contribution is -2.43. The largest absolute Gasteiger partial charge is 0.451 e. The second-order valence-corrected chi connectivity index (χ2v) is 9.56. The summed E-state index contributed by atoms with van der Waals surface area (Å²) in [6.07, 6.45) is -0.511. The Morgan fingerprint density at radius 3 is 2.42 bits per heavy atom. The summed E-state index contributed by atoms with van der Waals surface area (Å²) in [5, 5.41) is 0. The quantitative estimate of drug-likeness (QED) is 0.490. The van der Waals surface area contributed by atoms with Gasteiger partial charge in [-0.3, -0.25) is 4.90 Å². The second-order valence-electron chi connectivity index (χ2n) is 8.63. The van der Waals surface area contributed by atoms with Crippen LogP contribution >= 0.6 is 0 Å². The highest BCUT2D eigenvalue weighted by molar-refractivity contribution is 7.78. The van der Waals surface area contributed by atoms with Gasteiger partial charge in [0.05, 0.1) is 30.7 Å². The van der Waals surface area contributed by atoms with Crippen LogP contribution in [0, 0.1) is 5.82 Å². The van der Waals surface area contributed by atoms with Gasteiger partial charge in [0.1, 0.15) is 11.4 Å². The number of hydrogen-bond donors (Lipinski definition) is 2. The maximum Gasteiger partial charge on any atom is 0.340 e. The number of cyclic esters (lactones) is 1. The van der Waals surface area contributed by atoms with E-state index in [-0.39, 0.29) is 5.75 Å². The Labute approximate surface area is 194 Å². The van der Waals surface area contributed by atoms with Gasteiger partial charge < -0.3 is 19.8 Å². The minimum Gasteiger partial charge on any atom is -0.451 e. The monoisotopic (exact) mass is 474 g/mol. The van der Waals surface area contributed by atoms with Crippen molar-refractivity contribution in [3.63, 3.8) is 0 Å². The van der Waals surface area contributed by atoms with Crippen molar-refractivity contribution in [3.8, 4) is 0 Å². The van der Waals surface area contributed by atoms with E-state index in [9.17, 15) is 17.9 Å². The number of hydrogen-bond acceptors (Lipinski definition) is 6. The number of halogens is 1. The van der Waals surface area contributed by atoms with Gasteiger partial charge in [-0.2, -0.15) is 0 Å². The van der Waals surface area contributed by atoms with Crippen molar-refractivity contribution in [3.05, 3.63) is 70.5 Å². The summed E-state index contributed by atoms with van der Waals surface area (Å²) in [4.78, 5) is 14.9. The Morgan fingerprint density at radius 2 is 1.79 bits per heavy atom. The lowest BCUT2D eigenvalue weighted by Gasteiger charge is -2.33. The van der Waals surface area contributed by atoms with E-state index in [2.05, 4.69) is 4.90 Å². The van der Waals surface area contributed by atoms with Crippen molar-refractivity contribution < 1.29 is 27.4 Å². The van der Waals surface area contributed by atoms with Crippen molar-refractivity contribution in [2.45, 2.75) is 31.4 Å². The van der Waals surface area contributed by atoms with Gasteiger partial charge in [-0.25, -0.2) is 13.4 Å². The average molecular weight is 475 g/mol. The summed E-state index contributed by atoms with van der Waals surface area (Å²) in [5.41, 5.74) is 9.34. The number of benzene rings is 2. The zero-order valence-electron chi connectivity index (χ0n) is 18.5. The minimum atomic E-state index is -2.04. The Morgan fingerprint density at radius 1 is 1.15 bits per heavy atom. The van der Waals surface area contributed by atoms with E-state index >= 15 is 0 Å². The van der Waals surface area contributed by atoms with E-state index in [0.29, 0.717) is 54.1 Å². The number of carbonyl (C=O) groups is 1. The molecule has 2 aromatic carbocycles. The van der Waals surface area contributed by atoms with Crippen LogP contribution in [0.25, 0.3) is 11.1 Å². The molecule has 9 heteroatoms. The molecule has 2 unspecified atom stereocenters. The molecular formula is C24H27FN2O5S. The molecule has 0 aromatic heterocycles. The predicted molar refractivity (Wildman–Crippen MR) is 124 cm³/mol. The van der Waals surface area contributed by atoms with Crippen LogP contribution in [0.2, 0.25) is 0 Å². The highest BCUT2D eigenvalue weighted by Crippen LogP contribution is 2.44. The summed E-state index contributed by atoms with van der Waals surface area (Å²) in [6.45, 7) is 6.01.